The monoisotopic (exact) mass is 266 g/mol. The number of nitrogens with one attached hydrogen (secondary N) is 1. The molecule has 3 N–H and O–H groups in total. The van der Waals surface area contributed by atoms with Crippen LogP contribution in [0.1, 0.15) is 28.1 Å². The average Bonchev–Trinajstić information content (AvgIpc) is 2.84. The van der Waals surface area contributed by atoms with Gasteiger partial charge < -0.3 is 15.8 Å². The lowest BCUT2D eigenvalue weighted by Gasteiger charge is -2.03. The zero-order valence-electron chi connectivity index (χ0n) is 10.5. The van der Waals surface area contributed by atoms with Crippen LogP contribution < -0.4 is 11.1 Å². The molecule has 0 aromatic carbocycles. The summed E-state index contributed by atoms with van der Waals surface area (Å²) < 4.78 is 4.94. The van der Waals surface area contributed by atoms with Crippen LogP contribution in [0.4, 0.5) is 0 Å². The highest BCUT2D eigenvalue weighted by Gasteiger charge is 2.10. The minimum atomic E-state index is -0.0660. The van der Waals surface area contributed by atoms with Crippen molar-refractivity contribution in [3.8, 4) is 11.8 Å². The van der Waals surface area contributed by atoms with Crippen LogP contribution in [0.15, 0.2) is 11.4 Å². The molecule has 0 saturated carbocycles. The molecule has 1 rings (SSSR count). The molecule has 0 aliphatic heterocycles. The molecule has 0 aliphatic carbocycles. The fraction of sp³-hybridized carbons (Fsp3) is 0.462. The molecule has 0 bridgehead atoms. The van der Waals surface area contributed by atoms with Crippen LogP contribution in [-0.2, 0) is 4.74 Å². The molecule has 0 saturated heterocycles. The zero-order chi connectivity index (χ0) is 13.2. The molecule has 1 heterocycles. The van der Waals surface area contributed by atoms with Gasteiger partial charge in [0.2, 0.25) is 0 Å². The number of carbonyl (C=O) groups is 1. The number of hydrogen-bond acceptors (Lipinski definition) is 4. The Morgan fingerprint density at radius 2 is 2.39 bits per heavy atom. The Morgan fingerprint density at radius 1 is 1.56 bits per heavy atom. The molecule has 4 nitrogen and oxygen atoms in total. The lowest BCUT2D eigenvalue weighted by Crippen LogP contribution is -2.24. The van der Waals surface area contributed by atoms with Gasteiger partial charge in [0.1, 0.15) is 4.88 Å². The summed E-state index contributed by atoms with van der Waals surface area (Å²) >= 11 is 1.40. The fourth-order valence-corrected chi connectivity index (χ4v) is 2.15. The van der Waals surface area contributed by atoms with Crippen molar-refractivity contribution in [3.63, 3.8) is 0 Å². The van der Waals surface area contributed by atoms with E-state index < -0.39 is 0 Å². The maximum Gasteiger partial charge on any atom is 0.262 e. The maximum atomic E-state index is 11.9. The zero-order valence-corrected chi connectivity index (χ0v) is 11.3. The third-order valence-electron chi connectivity index (χ3n) is 2.26. The van der Waals surface area contributed by atoms with E-state index in [4.69, 9.17) is 10.5 Å². The van der Waals surface area contributed by atoms with Gasteiger partial charge in [-0.3, -0.25) is 4.79 Å². The van der Waals surface area contributed by atoms with Crippen LogP contribution in [0, 0.1) is 11.8 Å². The summed E-state index contributed by atoms with van der Waals surface area (Å²) in [6, 6.07) is 1.84. The van der Waals surface area contributed by atoms with Gasteiger partial charge >= 0.3 is 0 Å². The number of ether oxygens (including phenoxy) is 1. The van der Waals surface area contributed by atoms with Crippen molar-refractivity contribution in [1.82, 2.24) is 5.32 Å². The highest BCUT2D eigenvalue weighted by atomic mass is 32.1. The standard InChI is InChI=1S/C13H18N2O2S/c1-17-9-3-2-8-15-13(16)12-11(5-4-7-14)6-10-18-12/h6,10H,2-3,7-9,14H2,1H3,(H,15,16). The summed E-state index contributed by atoms with van der Waals surface area (Å²) in [5.74, 6) is 5.59. The number of thiophene rings is 1. The number of nitrogens with two attached hydrogens (primary N) is 1. The average molecular weight is 266 g/mol. The van der Waals surface area contributed by atoms with E-state index in [0.29, 0.717) is 18.0 Å². The number of amides is 1. The molecule has 0 unspecified atom stereocenters. The van der Waals surface area contributed by atoms with Gasteiger partial charge in [-0.25, -0.2) is 0 Å². The van der Waals surface area contributed by atoms with E-state index >= 15 is 0 Å². The first-order chi connectivity index (χ1) is 8.79. The largest absolute Gasteiger partial charge is 0.385 e. The maximum absolute atomic E-state index is 11.9. The second-order valence-electron chi connectivity index (χ2n) is 3.63. The first-order valence-corrected chi connectivity index (χ1v) is 6.71. The minimum Gasteiger partial charge on any atom is -0.385 e. The van der Waals surface area contributed by atoms with E-state index in [1.165, 1.54) is 11.3 Å². The lowest BCUT2D eigenvalue weighted by atomic mass is 10.2. The predicted molar refractivity (Wildman–Crippen MR) is 73.7 cm³/mol. The Morgan fingerprint density at radius 3 is 3.11 bits per heavy atom. The van der Waals surface area contributed by atoms with E-state index in [1.54, 1.807) is 7.11 Å². The molecule has 1 aromatic heterocycles. The number of rotatable bonds is 6. The first kappa shape index (κ1) is 14.7. The number of hydrogen-bond donors (Lipinski definition) is 2. The van der Waals surface area contributed by atoms with Crippen LogP contribution >= 0.6 is 11.3 Å². The van der Waals surface area contributed by atoms with Gasteiger partial charge in [0.15, 0.2) is 0 Å². The van der Waals surface area contributed by atoms with Gasteiger partial charge in [-0.05, 0) is 24.3 Å². The smallest absolute Gasteiger partial charge is 0.262 e. The van der Waals surface area contributed by atoms with Crippen molar-refractivity contribution in [2.45, 2.75) is 12.8 Å². The topological polar surface area (TPSA) is 64.3 Å². The molecular formula is C13H18N2O2S. The first-order valence-electron chi connectivity index (χ1n) is 5.83. The molecule has 0 aliphatic rings. The molecule has 0 fully saturated rings. The predicted octanol–water partition coefficient (Wildman–Crippen LogP) is 1.21. The molecule has 1 aromatic rings. The number of unbranched alkanes of at least 4 members (excludes halogenated alkanes) is 1. The van der Waals surface area contributed by atoms with E-state index in [1.807, 2.05) is 11.4 Å². The number of methoxy groups -OCH3 is 1. The summed E-state index contributed by atoms with van der Waals surface area (Å²) in [5, 5.41) is 4.74. The fourth-order valence-electron chi connectivity index (χ4n) is 1.38. The summed E-state index contributed by atoms with van der Waals surface area (Å²) in [4.78, 5) is 12.5. The van der Waals surface area contributed by atoms with Gasteiger partial charge in [-0.1, -0.05) is 11.8 Å². The van der Waals surface area contributed by atoms with Crippen LogP contribution in [0.5, 0.6) is 0 Å². The highest BCUT2D eigenvalue weighted by Crippen LogP contribution is 2.15. The van der Waals surface area contributed by atoms with Gasteiger partial charge in [0.25, 0.3) is 5.91 Å². The third-order valence-corrected chi connectivity index (χ3v) is 3.17. The Kier molecular flexibility index (Phi) is 7.11. The minimum absolute atomic E-state index is 0.0660. The van der Waals surface area contributed by atoms with Crippen molar-refractivity contribution < 1.29 is 9.53 Å². The third kappa shape index (κ3) is 4.88. The Labute approximate surface area is 112 Å². The van der Waals surface area contributed by atoms with E-state index in [-0.39, 0.29) is 5.91 Å². The molecule has 0 radical (unpaired) electrons. The molecular weight excluding hydrogens is 248 g/mol. The second-order valence-corrected chi connectivity index (χ2v) is 4.54. The van der Waals surface area contributed by atoms with Crippen molar-refractivity contribution >= 4 is 17.2 Å². The number of carbonyl (C=O) groups excluding carboxylic acids is 1. The summed E-state index contributed by atoms with van der Waals surface area (Å²) in [5.41, 5.74) is 6.07. The van der Waals surface area contributed by atoms with Crippen molar-refractivity contribution in [1.29, 1.82) is 0 Å². The van der Waals surface area contributed by atoms with Gasteiger partial charge in [0.05, 0.1) is 6.54 Å². The van der Waals surface area contributed by atoms with Crippen molar-refractivity contribution in [2.75, 3.05) is 26.8 Å². The Hall–Kier alpha value is -1.35. The highest BCUT2D eigenvalue weighted by molar-refractivity contribution is 7.12. The molecule has 0 atom stereocenters. The molecule has 98 valence electrons. The Balaban J connectivity index is 2.44. The summed E-state index contributed by atoms with van der Waals surface area (Å²) in [6.45, 7) is 1.68. The quantitative estimate of drug-likeness (QED) is 0.601. The summed E-state index contributed by atoms with van der Waals surface area (Å²) in [7, 11) is 1.67. The van der Waals surface area contributed by atoms with Gasteiger partial charge in [-0.2, -0.15) is 0 Å². The van der Waals surface area contributed by atoms with E-state index in [2.05, 4.69) is 17.2 Å². The second kappa shape index (κ2) is 8.70. The van der Waals surface area contributed by atoms with Crippen LogP contribution in [0.2, 0.25) is 0 Å². The van der Waals surface area contributed by atoms with Crippen molar-refractivity contribution in [3.05, 3.63) is 21.9 Å². The molecule has 5 heteroatoms. The van der Waals surface area contributed by atoms with Crippen LogP contribution in [0.25, 0.3) is 0 Å². The van der Waals surface area contributed by atoms with Gasteiger partial charge in [0, 0.05) is 25.8 Å². The normalized spacial score (nSPS) is 9.67. The Bertz CT molecular complexity index is 432. The van der Waals surface area contributed by atoms with Crippen LogP contribution in [-0.4, -0.2) is 32.7 Å². The van der Waals surface area contributed by atoms with Crippen LogP contribution in [0.3, 0.4) is 0 Å². The van der Waals surface area contributed by atoms with Crippen molar-refractivity contribution in [2.24, 2.45) is 5.73 Å². The van der Waals surface area contributed by atoms with Gasteiger partial charge in [-0.15, -0.1) is 11.3 Å². The molecule has 18 heavy (non-hydrogen) atoms. The molecule has 1 amide bonds. The van der Waals surface area contributed by atoms with E-state index in [0.717, 1.165) is 25.0 Å². The summed E-state index contributed by atoms with van der Waals surface area (Å²) in [6.07, 6.45) is 1.86. The lowest BCUT2D eigenvalue weighted by molar-refractivity contribution is 0.0955. The SMILES string of the molecule is COCCCCNC(=O)c1sccc1C#CCN. The molecule has 0 spiro atoms. The van der Waals surface area contributed by atoms with E-state index in [9.17, 15) is 4.79 Å².